The van der Waals surface area contributed by atoms with Crippen molar-refractivity contribution in [1.82, 2.24) is 15.5 Å². The van der Waals surface area contributed by atoms with Crippen molar-refractivity contribution in [2.75, 3.05) is 30.0 Å². The van der Waals surface area contributed by atoms with E-state index in [-0.39, 0.29) is 30.0 Å². The maximum atomic E-state index is 14.9. The number of hydrogen-bond acceptors (Lipinski definition) is 6. The number of nitrogens with one attached hydrogen (secondary N) is 2. The Hall–Kier alpha value is -2.66. The zero-order valence-corrected chi connectivity index (χ0v) is 24.8. The Morgan fingerprint density at radius 1 is 1.17 bits per heavy atom. The molecule has 3 fully saturated rings. The maximum Gasteiger partial charge on any atom is 0.254 e. The van der Waals surface area contributed by atoms with E-state index in [0.29, 0.717) is 28.5 Å². The summed E-state index contributed by atoms with van der Waals surface area (Å²) in [5, 5.41) is 11.4. The third kappa shape index (κ3) is 5.98. The van der Waals surface area contributed by atoms with Crippen LogP contribution in [0.1, 0.15) is 53.3 Å². The molecule has 1 aliphatic heterocycles. The molecule has 1 amide bonds. The molecule has 3 atom stereocenters. The normalized spacial score (nSPS) is 22.0. The topological polar surface area (TPSA) is 104 Å². The average Bonchev–Trinajstić information content (AvgIpc) is 3.36. The molecule has 6 rings (SSSR count). The van der Waals surface area contributed by atoms with Crippen molar-refractivity contribution in [1.29, 1.82) is 0 Å². The number of carbonyl (C=O) groups is 1. The number of amides is 1. The van der Waals surface area contributed by atoms with Gasteiger partial charge in [0.2, 0.25) is 0 Å². The molecule has 2 aromatic carbocycles. The van der Waals surface area contributed by atoms with Crippen molar-refractivity contribution < 1.29 is 22.3 Å². The molecule has 0 unspecified atom stereocenters. The lowest BCUT2D eigenvalue weighted by molar-refractivity contribution is 0.0113. The molecule has 8 nitrogen and oxygen atoms in total. The maximum absolute atomic E-state index is 14.9. The number of sulfone groups is 1. The van der Waals surface area contributed by atoms with E-state index in [2.05, 4.69) is 20.4 Å². The van der Waals surface area contributed by atoms with Crippen LogP contribution in [0.15, 0.2) is 36.4 Å². The average molecular weight is 622 g/mol. The molecule has 0 radical (unpaired) electrons. The first-order chi connectivity index (χ1) is 19.6. The Kier molecular flexibility index (Phi) is 7.78. The van der Waals surface area contributed by atoms with Crippen LogP contribution in [0.4, 0.5) is 10.1 Å². The summed E-state index contributed by atoms with van der Waals surface area (Å²) in [6.45, 7) is 1.03. The molecule has 218 valence electrons. The molecular weight excluding hydrogens is 590 g/mol. The summed E-state index contributed by atoms with van der Waals surface area (Å²) < 4.78 is 43.9. The lowest BCUT2D eigenvalue weighted by Gasteiger charge is -2.33. The first-order valence-electron chi connectivity index (χ1n) is 13.7. The van der Waals surface area contributed by atoms with Gasteiger partial charge in [-0.2, -0.15) is 5.10 Å². The molecule has 12 heteroatoms. The molecule has 41 heavy (non-hydrogen) atoms. The summed E-state index contributed by atoms with van der Waals surface area (Å²) in [5.74, 6) is -0.763. The molecule has 3 aliphatic rings. The van der Waals surface area contributed by atoms with E-state index in [1.54, 1.807) is 6.07 Å². The zero-order valence-electron chi connectivity index (χ0n) is 22.5. The number of aromatic amines is 1. The highest BCUT2D eigenvalue weighted by Crippen LogP contribution is 2.48. The Morgan fingerprint density at radius 3 is 2.56 bits per heavy atom. The lowest BCUT2D eigenvalue weighted by Crippen LogP contribution is -2.38. The van der Waals surface area contributed by atoms with Crippen LogP contribution in [0.3, 0.4) is 0 Å². The summed E-state index contributed by atoms with van der Waals surface area (Å²) in [6, 6.07) is 10.3. The first kappa shape index (κ1) is 28.5. The number of aromatic nitrogens is 2. The Morgan fingerprint density at radius 2 is 1.93 bits per heavy atom. The number of hydrogen-bond donors (Lipinski definition) is 2. The van der Waals surface area contributed by atoms with E-state index in [1.165, 1.54) is 12.1 Å². The largest absolute Gasteiger partial charge is 0.371 e. The van der Waals surface area contributed by atoms with Gasteiger partial charge in [0.15, 0.2) is 0 Å². The number of benzene rings is 2. The minimum atomic E-state index is -3.22. The molecule has 2 saturated carbocycles. The minimum absolute atomic E-state index is 0.0586. The monoisotopic (exact) mass is 620 g/mol. The van der Waals surface area contributed by atoms with Crippen LogP contribution in [0.25, 0.3) is 11.1 Å². The first-order valence-corrected chi connectivity index (χ1v) is 16.6. The van der Waals surface area contributed by atoms with Crippen molar-refractivity contribution >= 4 is 44.6 Å². The quantitative estimate of drug-likeness (QED) is 0.316. The fourth-order valence-corrected chi connectivity index (χ4v) is 7.15. The zero-order chi connectivity index (χ0) is 28.9. The fraction of sp³-hybridized carbons (Fsp3) is 0.448. The van der Waals surface area contributed by atoms with Crippen LogP contribution < -0.4 is 10.2 Å². The van der Waals surface area contributed by atoms with Gasteiger partial charge in [-0.1, -0.05) is 29.3 Å². The van der Waals surface area contributed by atoms with Gasteiger partial charge in [-0.05, 0) is 56.0 Å². The predicted molar refractivity (Wildman–Crippen MR) is 157 cm³/mol. The van der Waals surface area contributed by atoms with Gasteiger partial charge in [-0.15, -0.1) is 0 Å². The van der Waals surface area contributed by atoms with E-state index in [4.69, 9.17) is 27.9 Å². The van der Waals surface area contributed by atoms with E-state index >= 15 is 0 Å². The number of H-pyrrole nitrogens is 1. The van der Waals surface area contributed by atoms with E-state index in [9.17, 15) is 17.6 Å². The summed E-state index contributed by atoms with van der Waals surface area (Å²) in [6.07, 6.45) is 5.09. The van der Waals surface area contributed by atoms with Gasteiger partial charge in [-0.25, -0.2) is 12.8 Å². The van der Waals surface area contributed by atoms with Crippen LogP contribution in [0.5, 0.6) is 0 Å². The van der Waals surface area contributed by atoms with E-state index in [0.717, 1.165) is 66.7 Å². The van der Waals surface area contributed by atoms with Crippen molar-refractivity contribution in [3.63, 3.8) is 0 Å². The molecule has 2 aliphatic carbocycles. The van der Waals surface area contributed by atoms with E-state index in [1.807, 2.05) is 18.2 Å². The van der Waals surface area contributed by atoms with Crippen LogP contribution in [-0.2, 0) is 21.2 Å². The molecule has 2 bridgehead atoms. The van der Waals surface area contributed by atoms with Crippen LogP contribution in [-0.4, -0.2) is 61.8 Å². The van der Waals surface area contributed by atoms with Gasteiger partial charge < -0.3 is 15.0 Å². The van der Waals surface area contributed by atoms with E-state index < -0.39 is 21.6 Å². The number of anilines is 1. The van der Waals surface area contributed by atoms with Crippen LogP contribution >= 0.6 is 23.2 Å². The van der Waals surface area contributed by atoms with Crippen molar-refractivity contribution in [2.24, 2.45) is 5.92 Å². The molecule has 3 aromatic rings. The van der Waals surface area contributed by atoms with Crippen molar-refractivity contribution in [3.05, 3.63) is 69.2 Å². The van der Waals surface area contributed by atoms with Crippen LogP contribution in [0.2, 0.25) is 10.0 Å². The Balaban J connectivity index is 1.10. The molecule has 2 N–H and O–H groups in total. The SMILES string of the molecule is CS(=O)(=O)CCNC(=O)c1ccc(N2C[C@@H]3C[C@H]2C[C@H]3OCc2[nH]nc(C3CC3)c2-c2c(Cl)cccc2Cl)cc1F. The standard InChI is InChI=1S/C29H31Cl2FN4O4S/c1-41(38,39)10-9-33-29(37)20-8-7-18(12-23(20)32)36-14-17-11-19(36)13-25(17)40-15-24-27(28(35-34-24)16-5-6-16)26-21(30)3-2-4-22(26)31/h2-4,7-8,12,16-17,19,25H,5-6,9-11,13-15H2,1H3,(H,33,37)(H,34,35)/t17-,19-,25+/m0/s1. The summed E-state index contributed by atoms with van der Waals surface area (Å²) >= 11 is 13.2. The summed E-state index contributed by atoms with van der Waals surface area (Å²) in [7, 11) is -3.22. The third-order valence-corrected chi connectivity index (χ3v) is 9.83. The van der Waals surface area contributed by atoms with Crippen LogP contribution in [0, 0.1) is 11.7 Å². The molecule has 1 saturated heterocycles. The Bertz CT molecular complexity index is 1570. The summed E-state index contributed by atoms with van der Waals surface area (Å²) in [5.41, 5.74) is 4.22. The summed E-state index contributed by atoms with van der Waals surface area (Å²) in [4.78, 5) is 14.5. The minimum Gasteiger partial charge on any atom is -0.371 e. The number of rotatable bonds is 10. The van der Waals surface area contributed by atoms with Gasteiger partial charge in [0.1, 0.15) is 15.7 Å². The van der Waals surface area contributed by atoms with Gasteiger partial charge in [0.05, 0.1) is 45.5 Å². The highest BCUT2D eigenvalue weighted by atomic mass is 35.5. The second-order valence-corrected chi connectivity index (χ2v) is 14.3. The fourth-order valence-electron chi connectivity index (χ4n) is 6.10. The van der Waals surface area contributed by atoms with Gasteiger partial charge in [0.25, 0.3) is 5.91 Å². The molecule has 1 aromatic heterocycles. The molecule has 0 spiro atoms. The number of halogens is 3. The predicted octanol–water partition coefficient (Wildman–Crippen LogP) is 5.36. The van der Waals surface area contributed by atoms with Gasteiger partial charge >= 0.3 is 0 Å². The second kappa shape index (κ2) is 11.2. The molecule has 2 heterocycles. The number of fused-ring (bicyclic) bond motifs is 2. The van der Waals surface area contributed by atoms with Gasteiger partial charge in [0, 0.05) is 54.0 Å². The highest BCUT2D eigenvalue weighted by Gasteiger charge is 2.45. The number of piperidine rings is 1. The number of carbonyl (C=O) groups excluding carboxylic acids is 1. The Labute approximate surface area is 248 Å². The third-order valence-electron chi connectivity index (χ3n) is 8.25. The second-order valence-electron chi connectivity index (χ2n) is 11.3. The number of ether oxygens (including phenoxy) is 1. The van der Waals surface area contributed by atoms with Crippen molar-refractivity contribution in [2.45, 2.75) is 50.4 Å². The lowest BCUT2D eigenvalue weighted by atomic mass is 10.0. The molecular formula is C29H31Cl2FN4O4S. The smallest absolute Gasteiger partial charge is 0.254 e. The van der Waals surface area contributed by atoms with Gasteiger partial charge in [-0.3, -0.25) is 9.89 Å². The highest BCUT2D eigenvalue weighted by molar-refractivity contribution is 7.90. The number of nitrogens with zero attached hydrogens (tertiary/aromatic N) is 2. The van der Waals surface area contributed by atoms with Crippen molar-refractivity contribution in [3.8, 4) is 11.1 Å².